The molecule has 0 aliphatic heterocycles. The molecule has 0 aliphatic rings. The van der Waals surface area contributed by atoms with Crippen LogP contribution in [0.15, 0.2) is 24.3 Å². The Labute approximate surface area is 95.1 Å². The van der Waals surface area contributed by atoms with Crippen LogP contribution in [0, 0.1) is 0 Å². The normalized spacial score (nSPS) is 13.8. The van der Waals surface area contributed by atoms with Crippen molar-refractivity contribution in [3.63, 3.8) is 0 Å². The van der Waals surface area contributed by atoms with Gasteiger partial charge in [-0.25, -0.2) is 0 Å². The van der Waals surface area contributed by atoms with E-state index >= 15 is 0 Å². The summed E-state index contributed by atoms with van der Waals surface area (Å²) in [6.07, 6.45) is 1.03. The van der Waals surface area contributed by atoms with Gasteiger partial charge in [-0.2, -0.15) is 8.42 Å². The highest BCUT2D eigenvalue weighted by atomic mass is 35.5. The molecular formula is C10H13ClO3S. The van der Waals surface area contributed by atoms with Crippen LogP contribution in [0.2, 0.25) is 5.02 Å². The predicted molar refractivity (Wildman–Crippen MR) is 60.7 cm³/mol. The van der Waals surface area contributed by atoms with Gasteiger partial charge in [-0.15, -0.1) is 0 Å². The topological polar surface area (TPSA) is 43.4 Å². The van der Waals surface area contributed by atoms with Gasteiger partial charge in [0.2, 0.25) is 0 Å². The van der Waals surface area contributed by atoms with Crippen LogP contribution in [-0.4, -0.2) is 21.3 Å². The quantitative estimate of drug-likeness (QED) is 0.769. The molecule has 0 saturated heterocycles. The molecule has 1 aromatic rings. The van der Waals surface area contributed by atoms with Crippen molar-refractivity contribution in [3.05, 3.63) is 34.9 Å². The van der Waals surface area contributed by atoms with Crippen LogP contribution in [0.5, 0.6) is 0 Å². The second-order valence-corrected chi connectivity index (χ2v) is 5.46. The molecule has 0 amide bonds. The molecule has 0 fully saturated rings. The van der Waals surface area contributed by atoms with Gasteiger partial charge < -0.3 is 0 Å². The first-order valence-electron chi connectivity index (χ1n) is 4.49. The monoisotopic (exact) mass is 248 g/mol. The summed E-state index contributed by atoms with van der Waals surface area (Å²) in [7, 11) is -3.38. The highest BCUT2D eigenvalue weighted by Crippen LogP contribution is 2.24. The molecule has 0 heterocycles. The molecule has 0 bridgehead atoms. The van der Waals surface area contributed by atoms with Crippen molar-refractivity contribution in [2.24, 2.45) is 0 Å². The van der Waals surface area contributed by atoms with Crippen molar-refractivity contribution < 1.29 is 12.6 Å². The Morgan fingerprint density at radius 2 is 2.00 bits per heavy atom. The maximum Gasteiger partial charge on any atom is 0.264 e. The van der Waals surface area contributed by atoms with E-state index in [-0.39, 0.29) is 12.5 Å². The molecule has 0 radical (unpaired) electrons. The Hall–Kier alpha value is -0.580. The average molecular weight is 249 g/mol. The molecule has 0 spiro atoms. The van der Waals surface area contributed by atoms with Crippen LogP contribution < -0.4 is 0 Å². The van der Waals surface area contributed by atoms with E-state index in [0.29, 0.717) is 5.02 Å². The van der Waals surface area contributed by atoms with Crippen molar-refractivity contribution in [3.8, 4) is 0 Å². The van der Waals surface area contributed by atoms with Crippen LogP contribution in [0.1, 0.15) is 18.4 Å². The molecule has 1 unspecified atom stereocenters. The Balaban J connectivity index is 2.70. The van der Waals surface area contributed by atoms with E-state index < -0.39 is 10.1 Å². The van der Waals surface area contributed by atoms with E-state index in [9.17, 15) is 8.42 Å². The minimum Gasteiger partial charge on any atom is -0.270 e. The zero-order valence-corrected chi connectivity index (χ0v) is 10.2. The first-order chi connectivity index (χ1) is 6.90. The number of hydrogen-bond donors (Lipinski definition) is 0. The van der Waals surface area contributed by atoms with Crippen LogP contribution >= 0.6 is 11.6 Å². The molecule has 1 rings (SSSR count). The van der Waals surface area contributed by atoms with E-state index in [1.165, 1.54) is 0 Å². The van der Waals surface area contributed by atoms with Gasteiger partial charge in [-0.05, 0) is 11.6 Å². The Kier molecular flexibility index (Phi) is 4.13. The van der Waals surface area contributed by atoms with Crippen molar-refractivity contribution in [1.82, 2.24) is 0 Å². The van der Waals surface area contributed by atoms with E-state index in [1.807, 2.05) is 25.1 Å². The molecule has 15 heavy (non-hydrogen) atoms. The Morgan fingerprint density at radius 3 is 2.53 bits per heavy atom. The molecule has 3 nitrogen and oxygen atoms in total. The maximum absolute atomic E-state index is 10.8. The second-order valence-electron chi connectivity index (χ2n) is 3.41. The first kappa shape index (κ1) is 12.5. The van der Waals surface area contributed by atoms with Crippen molar-refractivity contribution in [2.45, 2.75) is 12.8 Å². The third-order valence-electron chi connectivity index (χ3n) is 1.97. The molecule has 0 aromatic heterocycles. The fourth-order valence-corrected chi connectivity index (χ4v) is 1.96. The van der Waals surface area contributed by atoms with Gasteiger partial charge in [0.1, 0.15) is 0 Å². The SMILES string of the molecule is CC(COS(C)(=O)=O)c1ccccc1Cl. The molecule has 84 valence electrons. The van der Waals surface area contributed by atoms with E-state index in [2.05, 4.69) is 0 Å². The van der Waals surface area contributed by atoms with Crippen molar-refractivity contribution in [1.29, 1.82) is 0 Å². The minimum atomic E-state index is -3.38. The standard InChI is InChI=1S/C10H13ClO3S/c1-8(7-14-15(2,12)13)9-5-3-4-6-10(9)11/h3-6,8H,7H2,1-2H3. The summed E-state index contributed by atoms with van der Waals surface area (Å²) in [6, 6.07) is 7.32. The lowest BCUT2D eigenvalue weighted by Crippen LogP contribution is -2.10. The average Bonchev–Trinajstić information content (AvgIpc) is 2.14. The van der Waals surface area contributed by atoms with E-state index in [1.54, 1.807) is 6.07 Å². The Morgan fingerprint density at radius 1 is 1.40 bits per heavy atom. The highest BCUT2D eigenvalue weighted by molar-refractivity contribution is 7.85. The molecule has 5 heteroatoms. The molecule has 1 aromatic carbocycles. The third-order valence-corrected chi connectivity index (χ3v) is 2.88. The van der Waals surface area contributed by atoms with Gasteiger partial charge in [0.15, 0.2) is 0 Å². The summed E-state index contributed by atoms with van der Waals surface area (Å²) >= 11 is 5.96. The van der Waals surface area contributed by atoms with Crippen LogP contribution in [0.3, 0.4) is 0 Å². The van der Waals surface area contributed by atoms with Crippen molar-refractivity contribution in [2.75, 3.05) is 12.9 Å². The highest BCUT2D eigenvalue weighted by Gasteiger charge is 2.12. The lowest BCUT2D eigenvalue weighted by atomic mass is 10.0. The number of halogens is 1. The molecule has 0 N–H and O–H groups in total. The van der Waals surface area contributed by atoms with E-state index in [4.69, 9.17) is 15.8 Å². The van der Waals surface area contributed by atoms with Gasteiger partial charge in [0, 0.05) is 10.9 Å². The van der Waals surface area contributed by atoms with Crippen LogP contribution in [-0.2, 0) is 14.3 Å². The predicted octanol–water partition coefficient (Wildman–Crippen LogP) is 2.42. The van der Waals surface area contributed by atoms with Crippen LogP contribution in [0.4, 0.5) is 0 Å². The smallest absolute Gasteiger partial charge is 0.264 e. The minimum absolute atomic E-state index is 0.0478. The van der Waals surface area contributed by atoms with Gasteiger partial charge in [0.25, 0.3) is 10.1 Å². The zero-order valence-electron chi connectivity index (χ0n) is 8.60. The van der Waals surface area contributed by atoms with Gasteiger partial charge >= 0.3 is 0 Å². The number of rotatable bonds is 4. The zero-order chi connectivity index (χ0) is 11.5. The van der Waals surface area contributed by atoms with Gasteiger partial charge in [-0.3, -0.25) is 4.18 Å². The molecule has 0 saturated carbocycles. The van der Waals surface area contributed by atoms with E-state index in [0.717, 1.165) is 11.8 Å². The van der Waals surface area contributed by atoms with Gasteiger partial charge in [0.05, 0.1) is 12.9 Å². The summed E-state index contributed by atoms with van der Waals surface area (Å²) in [6.45, 7) is 1.98. The maximum atomic E-state index is 10.8. The lowest BCUT2D eigenvalue weighted by molar-refractivity contribution is 0.301. The molecule has 0 aliphatic carbocycles. The lowest BCUT2D eigenvalue weighted by Gasteiger charge is -2.12. The Bertz CT molecular complexity index is 428. The summed E-state index contributed by atoms with van der Waals surface area (Å²) in [5, 5.41) is 0.627. The third kappa shape index (κ3) is 4.20. The molecular weight excluding hydrogens is 236 g/mol. The number of benzene rings is 1. The second kappa shape index (κ2) is 4.96. The van der Waals surface area contributed by atoms with Crippen LogP contribution in [0.25, 0.3) is 0 Å². The number of hydrogen-bond acceptors (Lipinski definition) is 3. The molecule has 1 atom stereocenters. The fourth-order valence-electron chi connectivity index (χ4n) is 1.19. The summed E-state index contributed by atoms with van der Waals surface area (Å²) in [5.41, 5.74) is 0.891. The first-order valence-corrected chi connectivity index (χ1v) is 6.68. The largest absolute Gasteiger partial charge is 0.270 e. The summed E-state index contributed by atoms with van der Waals surface area (Å²) < 4.78 is 26.3. The fraction of sp³-hybridized carbons (Fsp3) is 0.400. The van der Waals surface area contributed by atoms with Gasteiger partial charge in [-0.1, -0.05) is 36.7 Å². The van der Waals surface area contributed by atoms with Crippen molar-refractivity contribution >= 4 is 21.7 Å². The summed E-state index contributed by atoms with van der Waals surface area (Å²) in [5.74, 6) is -0.0478. The summed E-state index contributed by atoms with van der Waals surface area (Å²) in [4.78, 5) is 0.